The van der Waals surface area contributed by atoms with Crippen molar-refractivity contribution in [3.05, 3.63) is 18.4 Å². The molecular formula is C26H38FN6O9PS. The fourth-order valence-electron chi connectivity index (χ4n) is 4.42. The Hall–Kier alpha value is -2.82. The summed E-state index contributed by atoms with van der Waals surface area (Å²) < 4.78 is 63.6. The first-order chi connectivity index (χ1) is 20.6. The van der Waals surface area contributed by atoms with Gasteiger partial charge in [0.15, 0.2) is 28.2 Å². The number of aromatic nitrogens is 4. The van der Waals surface area contributed by atoms with E-state index in [1.54, 1.807) is 27.7 Å². The van der Waals surface area contributed by atoms with Gasteiger partial charge >= 0.3 is 13.6 Å². The van der Waals surface area contributed by atoms with Crippen LogP contribution in [-0.4, -0.2) is 87.2 Å². The second kappa shape index (κ2) is 13.3. The van der Waals surface area contributed by atoms with Crippen LogP contribution in [0.15, 0.2) is 18.4 Å². The van der Waals surface area contributed by atoms with E-state index in [4.69, 9.17) is 39.5 Å². The molecule has 0 radical (unpaired) electrons. The van der Waals surface area contributed by atoms with E-state index in [-0.39, 0.29) is 59.6 Å². The summed E-state index contributed by atoms with van der Waals surface area (Å²) in [6.45, 7) is 7.98. The average Bonchev–Trinajstić information content (AvgIpc) is 3.49. The Morgan fingerprint density at radius 1 is 1.36 bits per heavy atom. The van der Waals surface area contributed by atoms with Crippen molar-refractivity contribution < 1.29 is 46.5 Å². The number of hydrogen-bond donors (Lipinski definition) is 2. The Bertz CT molecular complexity index is 1450. The maximum absolute atomic E-state index is 16.3. The van der Waals surface area contributed by atoms with E-state index in [0.717, 1.165) is 23.8 Å². The molecule has 6 unspecified atom stereocenters. The van der Waals surface area contributed by atoms with Crippen molar-refractivity contribution in [1.82, 2.24) is 19.5 Å². The Morgan fingerprint density at radius 3 is 2.77 bits per heavy atom. The lowest BCUT2D eigenvalue weighted by Gasteiger charge is -2.33. The van der Waals surface area contributed by atoms with Crippen molar-refractivity contribution >= 4 is 47.6 Å². The number of nitrogens with zero attached hydrogens (tertiary/aromatic N) is 4. The van der Waals surface area contributed by atoms with Gasteiger partial charge in [0.2, 0.25) is 11.8 Å². The number of methoxy groups -OCH3 is 1. The van der Waals surface area contributed by atoms with Crippen LogP contribution < -0.4 is 16.2 Å². The number of fused-ring (bicyclic) bond motifs is 2. The van der Waals surface area contributed by atoms with Gasteiger partial charge in [-0.05, 0) is 26.7 Å². The third-order valence-corrected chi connectivity index (χ3v) is 9.81. The number of rotatable bonds is 12. The summed E-state index contributed by atoms with van der Waals surface area (Å²) >= 11 is 1.000. The van der Waals surface area contributed by atoms with Crippen LogP contribution in [0.2, 0.25) is 0 Å². The number of hydrogen-bond acceptors (Lipinski definition) is 15. The molecule has 2 saturated heterocycles. The van der Waals surface area contributed by atoms with E-state index < -0.39 is 49.1 Å². The minimum atomic E-state index is -3.91. The molecule has 2 aromatic heterocycles. The molecule has 6 atom stereocenters. The van der Waals surface area contributed by atoms with Crippen LogP contribution in [0.4, 0.5) is 10.3 Å². The van der Waals surface area contributed by atoms with Crippen molar-refractivity contribution in [1.29, 1.82) is 0 Å². The van der Waals surface area contributed by atoms with Gasteiger partial charge < -0.3 is 34.9 Å². The standard InChI is InChI=1S/C26H38FN6O9PS/c1-14(2)16(28)21(34)39-12-25(3,4)23(35)44-10-8-38-7-9-43(36)40-11-15-18(42-43)26(5,27)22(41-15)33-13-30-17-19(33)31-24(29)32-20(17)37-6/h7,9,13-16,18,22H,8,10-12,28H2,1-6H3,(H2,29,31,32). The van der Waals surface area contributed by atoms with Crippen LogP contribution in [0, 0.1) is 11.3 Å². The van der Waals surface area contributed by atoms with Crippen molar-refractivity contribution in [2.24, 2.45) is 17.1 Å². The fraction of sp³-hybridized carbons (Fsp3) is 0.654. The Morgan fingerprint density at radius 2 is 2.09 bits per heavy atom. The summed E-state index contributed by atoms with van der Waals surface area (Å²) in [6, 6.07) is -0.762. The monoisotopic (exact) mass is 660 g/mol. The molecule has 2 aromatic rings. The van der Waals surface area contributed by atoms with Crippen LogP contribution in [0.1, 0.15) is 40.8 Å². The zero-order valence-electron chi connectivity index (χ0n) is 25.3. The van der Waals surface area contributed by atoms with Crippen molar-refractivity contribution in [2.45, 2.75) is 64.8 Å². The molecule has 4 rings (SSSR count). The number of carbonyl (C=O) groups excluding carboxylic acids is 2. The van der Waals surface area contributed by atoms with Gasteiger partial charge in [0.05, 0.1) is 44.1 Å². The lowest BCUT2D eigenvalue weighted by Crippen LogP contribution is -2.44. The molecule has 0 saturated carbocycles. The van der Waals surface area contributed by atoms with E-state index in [2.05, 4.69) is 15.0 Å². The Kier molecular flexibility index (Phi) is 10.3. The SMILES string of the molecule is COc1nc(N)nc2c1ncn2C1OC2COP(=O)(C=COCCSC(=O)C(C)(C)COC(=O)C(N)C(C)C)OC2C1(C)F. The number of thioether (sulfide) groups is 1. The topological polar surface area (TPSA) is 202 Å². The number of esters is 1. The van der Waals surface area contributed by atoms with Gasteiger partial charge in [0.25, 0.3) is 0 Å². The predicted octanol–water partition coefficient (Wildman–Crippen LogP) is 2.95. The smallest absolute Gasteiger partial charge is 0.357 e. The normalized spacial score (nSPS) is 27.9. The quantitative estimate of drug-likeness (QED) is 0.145. The summed E-state index contributed by atoms with van der Waals surface area (Å²) in [5.41, 5.74) is 8.90. The third-order valence-electron chi connectivity index (χ3n) is 7.10. The Labute approximate surface area is 258 Å². The molecule has 44 heavy (non-hydrogen) atoms. The van der Waals surface area contributed by atoms with Crippen LogP contribution in [0.5, 0.6) is 5.88 Å². The molecule has 18 heteroatoms. The largest absolute Gasteiger partial charge is 0.500 e. The summed E-state index contributed by atoms with van der Waals surface area (Å²) in [7, 11) is -2.52. The maximum atomic E-state index is 16.3. The lowest BCUT2D eigenvalue weighted by molar-refractivity contribution is -0.150. The van der Waals surface area contributed by atoms with Gasteiger partial charge in [0, 0.05) is 5.75 Å². The maximum Gasteiger partial charge on any atom is 0.357 e. The fourth-order valence-corrected chi connectivity index (χ4v) is 6.70. The van der Waals surface area contributed by atoms with E-state index in [1.165, 1.54) is 24.9 Å². The first kappa shape index (κ1) is 34.1. The average molecular weight is 661 g/mol. The highest BCUT2D eigenvalue weighted by Gasteiger charge is 2.61. The highest BCUT2D eigenvalue weighted by Crippen LogP contribution is 2.60. The van der Waals surface area contributed by atoms with E-state index in [1.807, 2.05) is 0 Å². The summed E-state index contributed by atoms with van der Waals surface area (Å²) in [5, 5.41) is -0.204. The van der Waals surface area contributed by atoms with Crippen molar-refractivity contribution in [3.8, 4) is 5.88 Å². The van der Waals surface area contributed by atoms with Crippen LogP contribution in [0.25, 0.3) is 11.2 Å². The van der Waals surface area contributed by atoms with E-state index in [0.29, 0.717) is 0 Å². The van der Waals surface area contributed by atoms with Gasteiger partial charge in [-0.25, -0.2) is 9.37 Å². The van der Waals surface area contributed by atoms with E-state index in [9.17, 15) is 14.2 Å². The minimum absolute atomic E-state index is 0.0845. The molecule has 0 aliphatic carbocycles. The number of halogens is 1. The number of carbonyl (C=O) groups is 2. The van der Waals surface area contributed by atoms with Gasteiger partial charge in [-0.3, -0.25) is 23.2 Å². The van der Waals surface area contributed by atoms with Crippen molar-refractivity contribution in [2.75, 3.05) is 38.4 Å². The van der Waals surface area contributed by atoms with Gasteiger partial charge in [0.1, 0.15) is 24.9 Å². The number of anilines is 1. The molecule has 0 amide bonds. The zero-order valence-corrected chi connectivity index (χ0v) is 27.0. The molecule has 0 spiro atoms. The number of alkyl halides is 1. The zero-order chi connectivity index (χ0) is 32.4. The van der Waals surface area contributed by atoms with Gasteiger partial charge in [-0.15, -0.1) is 0 Å². The van der Waals surface area contributed by atoms with Crippen LogP contribution >= 0.6 is 19.4 Å². The number of nitrogen functional groups attached to an aromatic ring is 1. The molecule has 244 valence electrons. The molecule has 15 nitrogen and oxygen atoms in total. The molecule has 2 aliphatic heterocycles. The number of nitrogens with two attached hydrogens (primary N) is 2. The summed E-state index contributed by atoms with van der Waals surface area (Å²) in [4.78, 5) is 37.0. The van der Waals surface area contributed by atoms with Crippen molar-refractivity contribution in [3.63, 3.8) is 0 Å². The first-order valence-corrected chi connectivity index (χ1v) is 16.4. The predicted molar refractivity (Wildman–Crippen MR) is 158 cm³/mol. The second-order valence-electron chi connectivity index (χ2n) is 11.5. The highest BCUT2D eigenvalue weighted by atomic mass is 32.2. The minimum Gasteiger partial charge on any atom is -0.500 e. The van der Waals surface area contributed by atoms with Crippen LogP contribution in [0.3, 0.4) is 0 Å². The molecule has 2 fully saturated rings. The van der Waals surface area contributed by atoms with Gasteiger partial charge in [-0.2, -0.15) is 9.97 Å². The second-order valence-corrected chi connectivity index (χ2v) is 14.4. The third kappa shape index (κ3) is 7.18. The summed E-state index contributed by atoms with van der Waals surface area (Å²) in [5.74, 6) is 0.730. The molecule has 4 heterocycles. The van der Waals surface area contributed by atoms with E-state index >= 15 is 4.39 Å². The molecule has 2 aliphatic rings. The molecule has 4 N–H and O–H groups in total. The number of imidazole rings is 1. The lowest BCUT2D eigenvalue weighted by atomic mass is 9.97. The highest BCUT2D eigenvalue weighted by molar-refractivity contribution is 8.13. The Balaban J connectivity index is 1.29. The summed E-state index contributed by atoms with van der Waals surface area (Å²) in [6.07, 6.45) is -0.935. The van der Waals surface area contributed by atoms with Crippen LogP contribution in [-0.2, 0) is 37.4 Å². The number of ether oxygens (including phenoxy) is 4. The first-order valence-electron chi connectivity index (χ1n) is 13.8. The molecular weight excluding hydrogens is 622 g/mol. The van der Waals surface area contributed by atoms with Gasteiger partial charge in [-0.1, -0.05) is 25.6 Å². The molecule has 0 bridgehead atoms. The molecule has 0 aromatic carbocycles.